The predicted octanol–water partition coefficient (Wildman–Crippen LogP) is 3.27. The number of nitrogens with one attached hydrogen (secondary N) is 3. The van der Waals surface area contributed by atoms with Gasteiger partial charge in [-0.25, -0.2) is 0 Å². The molecule has 3 rings (SSSR count). The van der Waals surface area contributed by atoms with Crippen LogP contribution in [0.15, 0.2) is 23.7 Å². The van der Waals surface area contributed by atoms with Crippen LogP contribution in [0.25, 0.3) is 11.0 Å². The maximum atomic E-state index is 4.53. The van der Waals surface area contributed by atoms with Crippen LogP contribution in [0.5, 0.6) is 0 Å². The number of anilines is 2. The van der Waals surface area contributed by atoms with Crippen LogP contribution < -0.4 is 10.6 Å². The fourth-order valence-electron chi connectivity index (χ4n) is 2.24. The van der Waals surface area contributed by atoms with Crippen molar-refractivity contribution in [1.29, 1.82) is 0 Å². The maximum Gasteiger partial charge on any atom is 0.226 e. The Morgan fingerprint density at radius 3 is 2.81 bits per heavy atom. The summed E-state index contributed by atoms with van der Waals surface area (Å²) in [4.78, 5) is 10.2. The van der Waals surface area contributed by atoms with E-state index in [4.69, 9.17) is 0 Å². The molecule has 110 valence electrons. The Hall–Kier alpha value is -2.15. The van der Waals surface area contributed by atoms with Crippen LogP contribution in [0, 0.1) is 5.92 Å². The molecular formula is C14H18N6S. The number of fused-ring (bicyclic) bond motifs is 1. The number of aromatic nitrogens is 4. The summed E-state index contributed by atoms with van der Waals surface area (Å²) in [6.45, 7) is 4.40. The van der Waals surface area contributed by atoms with E-state index < -0.39 is 0 Å². The lowest BCUT2D eigenvalue weighted by molar-refractivity contribution is 0.552. The van der Waals surface area contributed by atoms with Gasteiger partial charge in [0.2, 0.25) is 5.95 Å². The second kappa shape index (κ2) is 5.69. The first-order chi connectivity index (χ1) is 10.2. The zero-order chi connectivity index (χ0) is 14.8. The molecule has 21 heavy (non-hydrogen) atoms. The molecule has 1 atom stereocenters. The zero-order valence-corrected chi connectivity index (χ0v) is 13.0. The Labute approximate surface area is 127 Å². The molecule has 0 fully saturated rings. The van der Waals surface area contributed by atoms with Gasteiger partial charge in [-0.1, -0.05) is 19.9 Å². The smallest absolute Gasteiger partial charge is 0.226 e. The van der Waals surface area contributed by atoms with Crippen molar-refractivity contribution in [2.45, 2.75) is 19.9 Å². The quantitative estimate of drug-likeness (QED) is 0.674. The molecule has 0 amide bonds. The molecule has 3 heterocycles. The molecule has 3 N–H and O–H groups in total. The molecule has 3 aromatic heterocycles. The van der Waals surface area contributed by atoms with E-state index in [1.165, 1.54) is 4.88 Å². The maximum absolute atomic E-state index is 4.53. The van der Waals surface area contributed by atoms with Gasteiger partial charge in [-0.15, -0.1) is 11.3 Å². The summed E-state index contributed by atoms with van der Waals surface area (Å²) in [5, 5.41) is 16.5. The van der Waals surface area contributed by atoms with Gasteiger partial charge in [-0.2, -0.15) is 15.1 Å². The lowest BCUT2D eigenvalue weighted by Crippen LogP contribution is -2.17. The largest absolute Gasteiger partial charge is 0.361 e. The van der Waals surface area contributed by atoms with Crippen LogP contribution in [0.2, 0.25) is 0 Å². The van der Waals surface area contributed by atoms with Gasteiger partial charge in [0.15, 0.2) is 5.65 Å². The van der Waals surface area contributed by atoms with E-state index in [9.17, 15) is 0 Å². The van der Waals surface area contributed by atoms with Crippen LogP contribution in [0.4, 0.5) is 11.8 Å². The van der Waals surface area contributed by atoms with Crippen molar-refractivity contribution in [3.8, 4) is 0 Å². The molecule has 0 saturated carbocycles. The lowest BCUT2D eigenvalue weighted by atomic mass is 10.0. The average Bonchev–Trinajstić information content (AvgIpc) is 3.14. The number of hydrogen-bond donors (Lipinski definition) is 3. The van der Waals surface area contributed by atoms with E-state index >= 15 is 0 Å². The number of rotatable bonds is 5. The number of aromatic amines is 1. The summed E-state index contributed by atoms with van der Waals surface area (Å²) >= 11 is 1.75. The van der Waals surface area contributed by atoms with Gasteiger partial charge in [0.05, 0.1) is 17.6 Å². The van der Waals surface area contributed by atoms with Crippen molar-refractivity contribution in [3.05, 3.63) is 28.6 Å². The molecule has 7 heteroatoms. The fraction of sp³-hybridized carbons (Fsp3) is 0.357. The summed E-state index contributed by atoms with van der Waals surface area (Å²) < 4.78 is 0. The van der Waals surface area contributed by atoms with Gasteiger partial charge in [-0.3, -0.25) is 5.10 Å². The first-order valence-electron chi connectivity index (χ1n) is 6.88. The van der Waals surface area contributed by atoms with E-state index in [0.717, 1.165) is 16.9 Å². The van der Waals surface area contributed by atoms with Crippen LogP contribution in [0.1, 0.15) is 24.8 Å². The topological polar surface area (TPSA) is 78.5 Å². The molecular weight excluding hydrogens is 284 g/mol. The molecule has 0 aliphatic heterocycles. The third-order valence-electron chi connectivity index (χ3n) is 3.34. The molecule has 0 bridgehead atoms. The van der Waals surface area contributed by atoms with Crippen molar-refractivity contribution in [2.24, 2.45) is 5.92 Å². The first-order valence-corrected chi connectivity index (χ1v) is 7.76. The summed E-state index contributed by atoms with van der Waals surface area (Å²) in [6, 6.07) is 4.43. The number of thiophene rings is 1. The highest BCUT2D eigenvalue weighted by Gasteiger charge is 2.19. The molecule has 0 aliphatic rings. The first kappa shape index (κ1) is 13.8. The minimum Gasteiger partial charge on any atom is -0.361 e. The predicted molar refractivity (Wildman–Crippen MR) is 86.8 cm³/mol. The standard InChI is InChI=1S/C14H18N6S/c1-8(2)11(10-5-4-6-21-10)17-12-9-7-16-20-13(9)19-14(15-3)18-12/h4-8,11H,1-3H3,(H3,15,16,17,18,19,20). The van der Waals surface area contributed by atoms with E-state index in [-0.39, 0.29) is 6.04 Å². The Morgan fingerprint density at radius 2 is 2.14 bits per heavy atom. The number of hydrogen-bond acceptors (Lipinski definition) is 6. The highest BCUT2D eigenvalue weighted by molar-refractivity contribution is 7.10. The van der Waals surface area contributed by atoms with Crippen LogP contribution in [-0.2, 0) is 0 Å². The normalized spacial score (nSPS) is 12.8. The van der Waals surface area contributed by atoms with Crippen molar-refractivity contribution in [2.75, 3.05) is 17.7 Å². The molecule has 0 radical (unpaired) electrons. The van der Waals surface area contributed by atoms with Crippen LogP contribution >= 0.6 is 11.3 Å². The monoisotopic (exact) mass is 302 g/mol. The Bertz CT molecular complexity index is 718. The second-order valence-electron chi connectivity index (χ2n) is 5.16. The van der Waals surface area contributed by atoms with Crippen molar-refractivity contribution >= 4 is 34.1 Å². The number of nitrogens with zero attached hydrogens (tertiary/aromatic N) is 3. The van der Waals surface area contributed by atoms with E-state index in [1.807, 2.05) is 0 Å². The Morgan fingerprint density at radius 1 is 1.29 bits per heavy atom. The van der Waals surface area contributed by atoms with Gasteiger partial charge in [-0.05, 0) is 17.4 Å². The summed E-state index contributed by atoms with van der Waals surface area (Å²) in [6.07, 6.45) is 1.75. The van der Waals surface area contributed by atoms with E-state index in [2.05, 4.69) is 62.2 Å². The van der Waals surface area contributed by atoms with Crippen LogP contribution in [-0.4, -0.2) is 27.2 Å². The minimum absolute atomic E-state index is 0.211. The minimum atomic E-state index is 0.211. The Kier molecular flexibility index (Phi) is 3.74. The fourth-order valence-corrected chi connectivity index (χ4v) is 3.19. The van der Waals surface area contributed by atoms with Crippen molar-refractivity contribution < 1.29 is 0 Å². The summed E-state index contributed by atoms with van der Waals surface area (Å²) in [7, 11) is 1.81. The molecule has 6 nitrogen and oxygen atoms in total. The highest BCUT2D eigenvalue weighted by atomic mass is 32.1. The molecule has 1 unspecified atom stereocenters. The summed E-state index contributed by atoms with van der Waals surface area (Å²) in [5.41, 5.74) is 0.727. The van der Waals surface area contributed by atoms with E-state index in [0.29, 0.717) is 11.9 Å². The second-order valence-corrected chi connectivity index (χ2v) is 6.14. The van der Waals surface area contributed by atoms with Crippen LogP contribution in [0.3, 0.4) is 0 Å². The van der Waals surface area contributed by atoms with Gasteiger partial charge >= 0.3 is 0 Å². The van der Waals surface area contributed by atoms with E-state index in [1.54, 1.807) is 24.6 Å². The van der Waals surface area contributed by atoms with Gasteiger partial charge < -0.3 is 10.6 Å². The summed E-state index contributed by atoms with van der Waals surface area (Å²) in [5.74, 6) is 1.81. The molecule has 0 saturated heterocycles. The lowest BCUT2D eigenvalue weighted by Gasteiger charge is -2.22. The number of H-pyrrole nitrogens is 1. The van der Waals surface area contributed by atoms with Gasteiger partial charge in [0.1, 0.15) is 5.82 Å². The molecule has 0 spiro atoms. The Balaban J connectivity index is 2.01. The molecule has 0 aliphatic carbocycles. The van der Waals surface area contributed by atoms with Crippen molar-refractivity contribution in [3.63, 3.8) is 0 Å². The third kappa shape index (κ3) is 2.69. The van der Waals surface area contributed by atoms with Gasteiger partial charge in [0.25, 0.3) is 0 Å². The average molecular weight is 302 g/mol. The highest BCUT2D eigenvalue weighted by Crippen LogP contribution is 2.31. The zero-order valence-electron chi connectivity index (χ0n) is 12.2. The van der Waals surface area contributed by atoms with Gasteiger partial charge in [0, 0.05) is 11.9 Å². The SMILES string of the molecule is CNc1nc(NC(c2cccs2)C(C)C)c2cn[nH]c2n1. The molecule has 0 aromatic carbocycles. The third-order valence-corrected chi connectivity index (χ3v) is 4.30. The van der Waals surface area contributed by atoms with Crippen molar-refractivity contribution in [1.82, 2.24) is 20.2 Å². The molecule has 3 aromatic rings.